The largest absolute Gasteiger partial charge is 0.416 e. The second-order valence-corrected chi connectivity index (χ2v) is 5.66. The van der Waals surface area contributed by atoms with Crippen molar-refractivity contribution in [3.05, 3.63) is 57.7 Å². The van der Waals surface area contributed by atoms with E-state index in [1.807, 2.05) is 0 Å². The lowest BCUT2D eigenvalue weighted by atomic mass is 10.1. The molecule has 1 heterocycles. The van der Waals surface area contributed by atoms with Crippen LogP contribution in [0.15, 0.2) is 18.2 Å². The molecule has 0 aliphatic heterocycles. The second-order valence-electron chi connectivity index (χ2n) is 5.66. The second kappa shape index (κ2) is 6.70. The number of carbonyl (C=O) groups is 2. The summed E-state index contributed by atoms with van der Waals surface area (Å²) in [6, 6.07) is 2.26. The number of aryl methyl sites for hydroxylation is 1. The molecule has 4 nitrogen and oxygen atoms in total. The van der Waals surface area contributed by atoms with Crippen molar-refractivity contribution in [2.45, 2.75) is 33.5 Å². The predicted octanol–water partition coefficient (Wildman–Crippen LogP) is 3.92. The van der Waals surface area contributed by atoms with Gasteiger partial charge in [-0.05, 0) is 44.0 Å². The van der Waals surface area contributed by atoms with E-state index in [-0.39, 0.29) is 17.0 Å². The Labute approximate surface area is 141 Å². The van der Waals surface area contributed by atoms with Crippen LogP contribution in [0.1, 0.15) is 50.2 Å². The lowest BCUT2D eigenvalue weighted by Gasteiger charge is -2.13. The molecule has 2 rings (SSSR count). The molecular formula is C17H16F4N2O2. The third-order valence-electron chi connectivity index (χ3n) is 3.83. The summed E-state index contributed by atoms with van der Waals surface area (Å²) in [4.78, 5) is 26.6. The molecule has 25 heavy (non-hydrogen) atoms. The van der Waals surface area contributed by atoms with Crippen molar-refractivity contribution in [3.63, 3.8) is 0 Å². The first-order chi connectivity index (χ1) is 11.5. The van der Waals surface area contributed by atoms with Crippen LogP contribution in [0.25, 0.3) is 0 Å². The van der Waals surface area contributed by atoms with Gasteiger partial charge in [-0.25, -0.2) is 4.39 Å². The van der Waals surface area contributed by atoms with Crippen LogP contribution in [0.2, 0.25) is 0 Å². The molecule has 0 saturated heterocycles. The van der Waals surface area contributed by atoms with E-state index in [0.29, 0.717) is 22.9 Å². The van der Waals surface area contributed by atoms with Gasteiger partial charge in [0.2, 0.25) is 0 Å². The Morgan fingerprint density at radius 3 is 2.36 bits per heavy atom. The van der Waals surface area contributed by atoms with Gasteiger partial charge in [-0.3, -0.25) is 9.59 Å². The Hall–Kier alpha value is -2.64. The highest BCUT2D eigenvalue weighted by Gasteiger charge is 2.33. The third-order valence-corrected chi connectivity index (χ3v) is 3.83. The van der Waals surface area contributed by atoms with Gasteiger partial charge in [-0.15, -0.1) is 0 Å². The van der Waals surface area contributed by atoms with Crippen molar-refractivity contribution < 1.29 is 27.2 Å². The minimum Gasteiger partial charge on any atom is -0.354 e. The minimum absolute atomic E-state index is 0.110. The fourth-order valence-corrected chi connectivity index (χ4v) is 2.74. The summed E-state index contributed by atoms with van der Waals surface area (Å²) in [7, 11) is 0. The molecule has 1 aromatic carbocycles. The summed E-state index contributed by atoms with van der Waals surface area (Å²) in [5.74, 6) is -1.88. The monoisotopic (exact) mass is 356 g/mol. The molecule has 0 unspecified atom stereocenters. The van der Waals surface area contributed by atoms with Gasteiger partial charge in [0.05, 0.1) is 5.56 Å². The van der Waals surface area contributed by atoms with Crippen LogP contribution in [-0.4, -0.2) is 16.7 Å². The summed E-state index contributed by atoms with van der Waals surface area (Å²) < 4.78 is 52.0. The average Bonchev–Trinajstić information content (AvgIpc) is 2.79. The smallest absolute Gasteiger partial charge is 0.354 e. The number of ketones is 1. The van der Waals surface area contributed by atoms with Crippen molar-refractivity contribution in [2.75, 3.05) is 0 Å². The molecule has 0 bridgehead atoms. The third kappa shape index (κ3) is 3.89. The topological polar surface area (TPSA) is 62.0 Å². The molecule has 0 fully saturated rings. The van der Waals surface area contributed by atoms with Gasteiger partial charge in [-0.1, -0.05) is 6.07 Å². The number of hydrogen-bond donors (Lipinski definition) is 2. The van der Waals surface area contributed by atoms with Crippen LogP contribution in [0.4, 0.5) is 17.6 Å². The first kappa shape index (κ1) is 18.7. The number of rotatable bonds is 4. The summed E-state index contributed by atoms with van der Waals surface area (Å²) in [5.41, 5.74) is 0.0263. The Balaban J connectivity index is 2.25. The molecule has 2 aromatic rings. The minimum atomic E-state index is -4.73. The number of nitrogens with one attached hydrogen (secondary N) is 2. The van der Waals surface area contributed by atoms with Crippen LogP contribution < -0.4 is 5.32 Å². The van der Waals surface area contributed by atoms with Crippen molar-refractivity contribution in [3.8, 4) is 0 Å². The van der Waals surface area contributed by atoms with Gasteiger partial charge in [0.15, 0.2) is 5.78 Å². The number of aromatic nitrogens is 1. The Kier molecular flexibility index (Phi) is 5.01. The molecule has 0 spiro atoms. The first-order valence-corrected chi connectivity index (χ1v) is 7.36. The molecule has 2 N–H and O–H groups in total. The normalized spacial score (nSPS) is 11.5. The highest BCUT2D eigenvalue weighted by molar-refractivity contribution is 6.02. The Bertz CT molecular complexity index is 838. The van der Waals surface area contributed by atoms with E-state index in [1.165, 1.54) is 6.92 Å². The zero-order chi connectivity index (χ0) is 18.9. The maximum atomic E-state index is 13.1. The van der Waals surface area contributed by atoms with E-state index in [0.717, 1.165) is 12.1 Å². The predicted molar refractivity (Wildman–Crippen MR) is 82.8 cm³/mol. The number of carbonyl (C=O) groups excluding carboxylic acids is 2. The molecule has 0 aliphatic carbocycles. The van der Waals surface area contributed by atoms with E-state index < -0.39 is 30.0 Å². The number of benzene rings is 1. The van der Waals surface area contributed by atoms with Crippen LogP contribution in [0.5, 0.6) is 0 Å². The highest BCUT2D eigenvalue weighted by Crippen LogP contribution is 2.32. The van der Waals surface area contributed by atoms with E-state index in [2.05, 4.69) is 10.3 Å². The van der Waals surface area contributed by atoms with Gasteiger partial charge in [0, 0.05) is 17.8 Å². The SMILES string of the molecule is CC(=O)c1c(C)[nH]c(C(=O)NCc2ccc(F)cc2C(F)(F)F)c1C. The molecule has 0 aliphatic rings. The van der Waals surface area contributed by atoms with E-state index in [1.54, 1.807) is 13.8 Å². The van der Waals surface area contributed by atoms with E-state index in [9.17, 15) is 27.2 Å². The first-order valence-electron chi connectivity index (χ1n) is 7.36. The maximum absolute atomic E-state index is 13.1. The summed E-state index contributed by atoms with van der Waals surface area (Å²) in [6.07, 6.45) is -4.73. The summed E-state index contributed by atoms with van der Waals surface area (Å²) in [6.45, 7) is 4.14. The highest BCUT2D eigenvalue weighted by atomic mass is 19.4. The summed E-state index contributed by atoms with van der Waals surface area (Å²) >= 11 is 0. The average molecular weight is 356 g/mol. The number of aromatic amines is 1. The van der Waals surface area contributed by atoms with Gasteiger partial charge in [0.1, 0.15) is 11.5 Å². The molecule has 8 heteroatoms. The zero-order valence-corrected chi connectivity index (χ0v) is 13.8. The van der Waals surface area contributed by atoms with Crippen molar-refractivity contribution in [1.29, 1.82) is 0 Å². The van der Waals surface area contributed by atoms with Gasteiger partial charge >= 0.3 is 6.18 Å². The van der Waals surface area contributed by atoms with Crippen LogP contribution in [-0.2, 0) is 12.7 Å². The molecule has 0 atom stereocenters. The number of alkyl halides is 3. The lowest BCUT2D eigenvalue weighted by Crippen LogP contribution is -2.25. The van der Waals surface area contributed by atoms with E-state index in [4.69, 9.17) is 0 Å². The standard InChI is InChI=1S/C17H16F4N2O2/c1-8-14(10(3)24)9(2)23-15(8)16(25)22-7-11-4-5-12(18)6-13(11)17(19,20)21/h4-6,23H,7H2,1-3H3,(H,22,25). The Morgan fingerprint density at radius 2 is 1.84 bits per heavy atom. The lowest BCUT2D eigenvalue weighted by molar-refractivity contribution is -0.138. The van der Waals surface area contributed by atoms with Gasteiger partial charge in [-0.2, -0.15) is 13.2 Å². The van der Waals surface area contributed by atoms with Crippen LogP contribution >= 0.6 is 0 Å². The quantitative estimate of drug-likeness (QED) is 0.644. The molecule has 1 aromatic heterocycles. The zero-order valence-electron chi connectivity index (χ0n) is 13.8. The van der Waals surface area contributed by atoms with Crippen molar-refractivity contribution in [2.24, 2.45) is 0 Å². The fraction of sp³-hybridized carbons (Fsp3) is 0.294. The molecular weight excluding hydrogens is 340 g/mol. The van der Waals surface area contributed by atoms with Crippen LogP contribution in [0.3, 0.4) is 0 Å². The molecule has 0 saturated carbocycles. The van der Waals surface area contributed by atoms with Crippen LogP contribution in [0, 0.1) is 19.7 Å². The number of hydrogen-bond acceptors (Lipinski definition) is 2. The van der Waals surface area contributed by atoms with Crippen molar-refractivity contribution in [1.82, 2.24) is 10.3 Å². The molecule has 0 radical (unpaired) electrons. The number of H-pyrrole nitrogens is 1. The fourth-order valence-electron chi connectivity index (χ4n) is 2.74. The van der Waals surface area contributed by atoms with Crippen molar-refractivity contribution >= 4 is 11.7 Å². The summed E-state index contributed by atoms with van der Waals surface area (Å²) in [5, 5.41) is 2.36. The van der Waals surface area contributed by atoms with E-state index >= 15 is 0 Å². The maximum Gasteiger partial charge on any atom is 0.416 e. The number of Topliss-reactive ketones (excluding diaryl/α,β-unsaturated/α-hetero) is 1. The number of amides is 1. The Morgan fingerprint density at radius 1 is 1.20 bits per heavy atom. The van der Waals surface area contributed by atoms with Gasteiger partial charge in [0.25, 0.3) is 5.91 Å². The van der Waals surface area contributed by atoms with Gasteiger partial charge < -0.3 is 10.3 Å². The number of halogens is 4. The molecule has 134 valence electrons. The molecule has 1 amide bonds.